The number of rotatable bonds is 7. The van der Waals surface area contributed by atoms with Gasteiger partial charge in [0.2, 0.25) is 0 Å². The lowest BCUT2D eigenvalue weighted by Crippen LogP contribution is -2.18. The maximum Gasteiger partial charge on any atom is 0.0801 e. The van der Waals surface area contributed by atoms with Crippen molar-refractivity contribution in [1.82, 2.24) is 0 Å². The van der Waals surface area contributed by atoms with Crippen LogP contribution in [0.3, 0.4) is 0 Å². The molecule has 26 heavy (non-hydrogen) atoms. The highest BCUT2D eigenvalue weighted by Gasteiger charge is 2.23. The number of allylic oxidation sites excluding steroid dienone is 3. The molecule has 2 aromatic carbocycles. The van der Waals surface area contributed by atoms with Crippen LogP contribution in [-0.4, -0.2) is 6.54 Å². The third kappa shape index (κ3) is 4.66. The summed E-state index contributed by atoms with van der Waals surface area (Å²) in [4.78, 5) is 6.10. The third-order valence-electron chi connectivity index (χ3n) is 4.23. The molecule has 1 aliphatic rings. The molecule has 0 fully saturated rings. The molecular formula is C23H25NS2. The van der Waals surface area contributed by atoms with Gasteiger partial charge >= 0.3 is 0 Å². The number of anilines is 1. The molecule has 0 radical (unpaired) electrons. The second-order valence-electron chi connectivity index (χ2n) is 6.27. The maximum atomic E-state index is 4.19. The van der Waals surface area contributed by atoms with Gasteiger partial charge in [0.25, 0.3) is 0 Å². The molecule has 3 heteroatoms. The van der Waals surface area contributed by atoms with Crippen molar-refractivity contribution < 1.29 is 0 Å². The van der Waals surface area contributed by atoms with Crippen molar-refractivity contribution in [2.75, 3.05) is 11.4 Å². The number of fused-ring (bicyclic) bond motifs is 1. The topological polar surface area (TPSA) is 3.24 Å². The molecule has 2 aromatic rings. The van der Waals surface area contributed by atoms with Gasteiger partial charge in [0.15, 0.2) is 0 Å². The van der Waals surface area contributed by atoms with Crippen LogP contribution in [0, 0.1) is 6.92 Å². The summed E-state index contributed by atoms with van der Waals surface area (Å²) in [6, 6.07) is 17.1. The van der Waals surface area contributed by atoms with Gasteiger partial charge in [-0.25, -0.2) is 0 Å². The second kappa shape index (κ2) is 9.20. The second-order valence-corrected chi connectivity index (χ2v) is 8.50. The number of nitrogens with zero attached hydrogens (tertiary/aromatic N) is 1. The summed E-state index contributed by atoms with van der Waals surface area (Å²) < 4.78 is 0. The van der Waals surface area contributed by atoms with E-state index < -0.39 is 0 Å². The van der Waals surface area contributed by atoms with Crippen LogP contribution in [0.2, 0.25) is 0 Å². The Kier molecular flexibility index (Phi) is 6.70. The standard InChI is InChI=1S/C23H25NS2/c1-4-5-17-24-20-13-7-9-15-22(20)26-23(24)16-10-12-19(3)25-21-14-8-6-11-18(21)2/h6-16H,3-5,17H2,1-2H3/b12-10+,23-16+. The number of hydrogen-bond donors (Lipinski definition) is 0. The summed E-state index contributed by atoms with van der Waals surface area (Å²) in [7, 11) is 0. The van der Waals surface area contributed by atoms with Gasteiger partial charge < -0.3 is 4.90 Å². The molecule has 1 heterocycles. The number of unbranched alkanes of at least 4 members (excludes halogenated alkanes) is 1. The molecule has 3 rings (SSSR count). The van der Waals surface area contributed by atoms with Crippen LogP contribution in [0.25, 0.3) is 0 Å². The summed E-state index contributed by atoms with van der Waals surface area (Å²) >= 11 is 3.58. The minimum absolute atomic E-state index is 1.05. The Morgan fingerprint density at radius 3 is 2.73 bits per heavy atom. The lowest BCUT2D eigenvalue weighted by Gasteiger charge is -2.19. The zero-order valence-corrected chi connectivity index (χ0v) is 17.1. The molecule has 134 valence electrons. The van der Waals surface area contributed by atoms with Gasteiger partial charge in [0, 0.05) is 21.2 Å². The van der Waals surface area contributed by atoms with E-state index in [4.69, 9.17) is 0 Å². The Hall–Kier alpha value is -1.84. The first kappa shape index (κ1) is 18.9. The quantitative estimate of drug-likeness (QED) is 0.364. The summed E-state index contributed by atoms with van der Waals surface area (Å²) in [5.74, 6) is 0. The Morgan fingerprint density at radius 2 is 1.92 bits per heavy atom. The highest BCUT2D eigenvalue weighted by atomic mass is 32.2. The number of hydrogen-bond acceptors (Lipinski definition) is 3. The fourth-order valence-corrected chi connectivity index (χ4v) is 4.71. The highest BCUT2D eigenvalue weighted by Crippen LogP contribution is 2.45. The van der Waals surface area contributed by atoms with Crippen LogP contribution in [0.5, 0.6) is 0 Å². The molecule has 0 saturated heterocycles. The van der Waals surface area contributed by atoms with E-state index in [1.165, 1.54) is 38.9 Å². The molecule has 1 nitrogen and oxygen atoms in total. The van der Waals surface area contributed by atoms with E-state index in [-0.39, 0.29) is 0 Å². The number of para-hydroxylation sites is 1. The SMILES string of the molecule is C=C(/C=C/C=C1/Sc2ccccc2N1CCCC)Sc1ccccc1C. The zero-order valence-electron chi connectivity index (χ0n) is 15.4. The third-order valence-corrected chi connectivity index (χ3v) is 6.43. The zero-order chi connectivity index (χ0) is 18.4. The first-order chi connectivity index (χ1) is 12.7. The average Bonchev–Trinajstić information content (AvgIpc) is 2.99. The van der Waals surface area contributed by atoms with Crippen LogP contribution >= 0.6 is 23.5 Å². The molecule has 0 spiro atoms. The first-order valence-electron chi connectivity index (χ1n) is 9.04. The summed E-state index contributed by atoms with van der Waals surface area (Å²) in [5.41, 5.74) is 2.62. The minimum atomic E-state index is 1.05. The van der Waals surface area contributed by atoms with Gasteiger partial charge in [-0.3, -0.25) is 0 Å². The predicted molar refractivity (Wildman–Crippen MR) is 118 cm³/mol. The molecule has 0 saturated carbocycles. The smallest absolute Gasteiger partial charge is 0.0801 e. The van der Waals surface area contributed by atoms with Gasteiger partial charge in [-0.2, -0.15) is 0 Å². The van der Waals surface area contributed by atoms with Crippen molar-refractivity contribution in [1.29, 1.82) is 0 Å². The van der Waals surface area contributed by atoms with Gasteiger partial charge in [0.1, 0.15) is 0 Å². The van der Waals surface area contributed by atoms with Gasteiger partial charge in [-0.1, -0.05) is 79.9 Å². The molecule has 0 N–H and O–H groups in total. The van der Waals surface area contributed by atoms with Crippen molar-refractivity contribution in [2.24, 2.45) is 0 Å². The Morgan fingerprint density at radius 1 is 1.15 bits per heavy atom. The van der Waals surface area contributed by atoms with E-state index in [9.17, 15) is 0 Å². The van der Waals surface area contributed by atoms with Crippen molar-refractivity contribution in [3.05, 3.63) is 88.8 Å². The summed E-state index contributed by atoms with van der Waals surface area (Å²) in [5, 5.41) is 1.30. The lowest BCUT2D eigenvalue weighted by molar-refractivity contribution is 0.779. The predicted octanol–water partition coefficient (Wildman–Crippen LogP) is 7.41. The van der Waals surface area contributed by atoms with Crippen LogP contribution < -0.4 is 4.90 Å². The molecular weight excluding hydrogens is 354 g/mol. The molecule has 0 unspecified atom stereocenters. The Bertz CT molecular complexity index is 836. The molecule has 0 aromatic heterocycles. The highest BCUT2D eigenvalue weighted by molar-refractivity contribution is 8.03. The summed E-state index contributed by atoms with van der Waals surface area (Å²) in [6.45, 7) is 9.64. The van der Waals surface area contributed by atoms with E-state index in [0.717, 1.165) is 11.4 Å². The first-order valence-corrected chi connectivity index (χ1v) is 10.7. The molecule has 0 bridgehead atoms. The van der Waals surface area contributed by atoms with E-state index >= 15 is 0 Å². The van der Waals surface area contributed by atoms with E-state index in [0.29, 0.717) is 0 Å². The van der Waals surface area contributed by atoms with Crippen molar-refractivity contribution in [3.8, 4) is 0 Å². The van der Waals surface area contributed by atoms with E-state index in [2.05, 4.69) is 92.1 Å². The van der Waals surface area contributed by atoms with Gasteiger partial charge in [-0.05, 0) is 49.3 Å². The molecule has 1 aliphatic heterocycles. The fraction of sp³-hybridized carbons (Fsp3) is 0.217. The minimum Gasteiger partial charge on any atom is -0.335 e. The average molecular weight is 380 g/mol. The van der Waals surface area contributed by atoms with Crippen LogP contribution in [0.4, 0.5) is 5.69 Å². The van der Waals surface area contributed by atoms with Crippen LogP contribution in [-0.2, 0) is 0 Å². The number of thioether (sulfide) groups is 2. The Balaban J connectivity index is 1.69. The molecule has 0 aliphatic carbocycles. The van der Waals surface area contributed by atoms with E-state index in [1.807, 2.05) is 11.8 Å². The monoisotopic (exact) mass is 379 g/mol. The van der Waals surface area contributed by atoms with E-state index in [1.54, 1.807) is 11.8 Å². The van der Waals surface area contributed by atoms with Crippen molar-refractivity contribution >= 4 is 29.2 Å². The number of aryl methyl sites for hydroxylation is 1. The lowest BCUT2D eigenvalue weighted by atomic mass is 10.2. The molecule has 0 amide bonds. The van der Waals surface area contributed by atoms with Gasteiger partial charge in [-0.15, -0.1) is 0 Å². The number of benzene rings is 2. The van der Waals surface area contributed by atoms with Crippen LogP contribution in [0.15, 0.2) is 93.1 Å². The normalized spacial score (nSPS) is 15.0. The largest absolute Gasteiger partial charge is 0.335 e. The fourth-order valence-electron chi connectivity index (χ4n) is 2.81. The Labute approximate surface area is 165 Å². The molecule has 0 atom stereocenters. The van der Waals surface area contributed by atoms with Crippen molar-refractivity contribution in [3.63, 3.8) is 0 Å². The van der Waals surface area contributed by atoms with Crippen molar-refractivity contribution in [2.45, 2.75) is 36.5 Å². The maximum absolute atomic E-state index is 4.19. The van der Waals surface area contributed by atoms with Crippen LogP contribution in [0.1, 0.15) is 25.3 Å². The van der Waals surface area contributed by atoms with Gasteiger partial charge in [0.05, 0.1) is 10.7 Å². The summed E-state index contributed by atoms with van der Waals surface area (Å²) in [6.07, 6.45) is 8.85.